The summed E-state index contributed by atoms with van der Waals surface area (Å²) in [5.41, 5.74) is 1.01. The van der Waals surface area contributed by atoms with E-state index in [1.54, 1.807) is 24.3 Å². The molecule has 0 bridgehead atoms. The Labute approximate surface area is 126 Å². The molecule has 5 nitrogen and oxygen atoms in total. The summed E-state index contributed by atoms with van der Waals surface area (Å²) >= 11 is 0. The fourth-order valence-corrected chi connectivity index (χ4v) is 3.04. The van der Waals surface area contributed by atoms with Gasteiger partial charge in [-0.1, -0.05) is 17.7 Å². The van der Waals surface area contributed by atoms with Crippen molar-refractivity contribution in [1.82, 2.24) is 0 Å². The largest absolute Gasteiger partial charge is 0.381 e. The first-order valence-electron chi connectivity index (χ1n) is 7.23. The van der Waals surface area contributed by atoms with E-state index in [4.69, 9.17) is 13.7 Å². The van der Waals surface area contributed by atoms with E-state index in [-0.39, 0.29) is 17.6 Å². The summed E-state index contributed by atoms with van der Waals surface area (Å²) in [5, 5.41) is 0. The van der Waals surface area contributed by atoms with Crippen molar-refractivity contribution in [3.8, 4) is 0 Å². The average Bonchev–Trinajstić information content (AvgIpc) is 2.48. The van der Waals surface area contributed by atoms with Crippen LogP contribution in [0.3, 0.4) is 0 Å². The van der Waals surface area contributed by atoms with Gasteiger partial charge in [-0.05, 0) is 38.3 Å². The van der Waals surface area contributed by atoms with E-state index in [0.29, 0.717) is 13.0 Å². The molecule has 1 aliphatic rings. The van der Waals surface area contributed by atoms with Gasteiger partial charge in [-0.15, -0.1) is 0 Å². The molecule has 1 saturated heterocycles. The molecule has 1 aliphatic heterocycles. The van der Waals surface area contributed by atoms with E-state index in [1.807, 2.05) is 6.92 Å². The van der Waals surface area contributed by atoms with Crippen molar-refractivity contribution < 1.29 is 22.1 Å². The van der Waals surface area contributed by atoms with E-state index >= 15 is 0 Å². The molecule has 0 saturated carbocycles. The minimum absolute atomic E-state index is 0.138. The van der Waals surface area contributed by atoms with Crippen molar-refractivity contribution in [2.75, 3.05) is 26.4 Å². The van der Waals surface area contributed by atoms with Gasteiger partial charge in [-0.25, -0.2) is 0 Å². The first-order chi connectivity index (χ1) is 10.1. The molecule has 118 valence electrons. The molecule has 1 heterocycles. The number of hydrogen-bond donors (Lipinski definition) is 0. The van der Waals surface area contributed by atoms with E-state index < -0.39 is 10.1 Å². The van der Waals surface area contributed by atoms with Crippen molar-refractivity contribution in [2.45, 2.75) is 37.2 Å². The molecule has 2 rings (SSSR count). The van der Waals surface area contributed by atoms with Crippen LogP contribution in [0.25, 0.3) is 0 Å². The third kappa shape index (κ3) is 5.39. The lowest BCUT2D eigenvalue weighted by Gasteiger charge is -2.22. The number of benzene rings is 1. The van der Waals surface area contributed by atoms with Crippen molar-refractivity contribution >= 4 is 10.1 Å². The van der Waals surface area contributed by atoms with Crippen LogP contribution in [-0.2, 0) is 23.8 Å². The fraction of sp³-hybridized carbons (Fsp3) is 0.600. The SMILES string of the molecule is Cc1ccc(S(=O)(=O)OCCCOC2CCOCC2)cc1. The molecule has 1 aromatic rings. The van der Waals surface area contributed by atoms with Crippen LogP contribution in [0.15, 0.2) is 29.2 Å². The van der Waals surface area contributed by atoms with Crippen LogP contribution in [-0.4, -0.2) is 40.9 Å². The maximum Gasteiger partial charge on any atom is 0.296 e. The molecule has 0 amide bonds. The molecule has 0 spiro atoms. The first kappa shape index (κ1) is 16.4. The minimum atomic E-state index is -3.66. The highest BCUT2D eigenvalue weighted by molar-refractivity contribution is 7.86. The number of aryl methyl sites for hydroxylation is 1. The van der Waals surface area contributed by atoms with Crippen molar-refractivity contribution in [3.05, 3.63) is 29.8 Å². The summed E-state index contributed by atoms with van der Waals surface area (Å²) in [6.07, 6.45) is 2.60. The molecule has 21 heavy (non-hydrogen) atoms. The zero-order chi connectivity index (χ0) is 15.1. The molecule has 6 heteroatoms. The molecular formula is C15H22O5S. The highest BCUT2D eigenvalue weighted by Crippen LogP contribution is 2.14. The smallest absolute Gasteiger partial charge is 0.296 e. The van der Waals surface area contributed by atoms with Gasteiger partial charge < -0.3 is 9.47 Å². The average molecular weight is 314 g/mol. The molecule has 1 fully saturated rings. The highest BCUT2D eigenvalue weighted by Gasteiger charge is 2.16. The topological polar surface area (TPSA) is 61.8 Å². The van der Waals surface area contributed by atoms with Crippen molar-refractivity contribution in [3.63, 3.8) is 0 Å². The number of rotatable bonds is 7. The summed E-state index contributed by atoms with van der Waals surface area (Å²) < 4.78 is 39.8. The first-order valence-corrected chi connectivity index (χ1v) is 8.64. The third-order valence-corrected chi connectivity index (χ3v) is 4.69. The van der Waals surface area contributed by atoms with E-state index in [1.165, 1.54) is 0 Å². The standard InChI is InChI=1S/C15H22O5S/c1-13-3-5-15(6-4-13)21(16,17)20-10-2-9-19-14-7-11-18-12-8-14/h3-6,14H,2,7-12H2,1H3. The van der Waals surface area contributed by atoms with Gasteiger partial charge in [0.2, 0.25) is 0 Å². The van der Waals surface area contributed by atoms with E-state index in [9.17, 15) is 8.42 Å². The third-order valence-electron chi connectivity index (χ3n) is 3.36. The van der Waals surface area contributed by atoms with Crippen LogP contribution in [0, 0.1) is 6.92 Å². The summed E-state index contributed by atoms with van der Waals surface area (Å²) in [5.74, 6) is 0. The van der Waals surface area contributed by atoms with Crippen LogP contribution < -0.4 is 0 Å². The number of hydrogen-bond acceptors (Lipinski definition) is 5. The molecule has 0 aliphatic carbocycles. The van der Waals surface area contributed by atoms with E-state index in [2.05, 4.69) is 0 Å². The molecule has 1 aromatic carbocycles. The Kier molecular flexibility index (Phi) is 6.17. The Morgan fingerprint density at radius 3 is 2.48 bits per heavy atom. The van der Waals surface area contributed by atoms with Crippen molar-refractivity contribution in [1.29, 1.82) is 0 Å². The normalized spacial score (nSPS) is 17.0. The van der Waals surface area contributed by atoms with Crippen LogP contribution in [0.4, 0.5) is 0 Å². The maximum atomic E-state index is 11.9. The molecular weight excluding hydrogens is 292 g/mol. The Hall–Kier alpha value is -0.950. The van der Waals surface area contributed by atoms with Crippen LogP contribution in [0.5, 0.6) is 0 Å². The van der Waals surface area contributed by atoms with Crippen LogP contribution in [0.1, 0.15) is 24.8 Å². The second-order valence-electron chi connectivity index (χ2n) is 5.13. The fourth-order valence-electron chi connectivity index (χ4n) is 2.09. The molecule has 0 unspecified atom stereocenters. The monoisotopic (exact) mass is 314 g/mol. The minimum Gasteiger partial charge on any atom is -0.381 e. The summed E-state index contributed by atoms with van der Waals surface area (Å²) in [6.45, 7) is 4.03. The second kappa shape index (κ2) is 7.89. The van der Waals surface area contributed by atoms with Gasteiger partial charge in [0, 0.05) is 19.8 Å². The zero-order valence-corrected chi connectivity index (χ0v) is 13.1. The molecule has 0 atom stereocenters. The highest BCUT2D eigenvalue weighted by atomic mass is 32.2. The lowest BCUT2D eigenvalue weighted by molar-refractivity contribution is -0.0340. The van der Waals surface area contributed by atoms with Crippen LogP contribution in [0.2, 0.25) is 0 Å². The predicted octanol–water partition coefficient (Wildman–Crippen LogP) is 2.29. The zero-order valence-electron chi connectivity index (χ0n) is 12.3. The summed E-state index contributed by atoms with van der Waals surface area (Å²) in [7, 11) is -3.66. The lowest BCUT2D eigenvalue weighted by atomic mass is 10.1. The quantitative estimate of drug-likeness (QED) is 0.571. The summed E-state index contributed by atoms with van der Waals surface area (Å²) in [6, 6.07) is 6.63. The Balaban J connectivity index is 1.68. The maximum absolute atomic E-state index is 11.9. The van der Waals surface area contributed by atoms with Gasteiger partial charge in [0.1, 0.15) is 0 Å². The predicted molar refractivity (Wildman–Crippen MR) is 78.7 cm³/mol. The molecule has 0 aromatic heterocycles. The van der Waals surface area contributed by atoms with Gasteiger partial charge in [-0.2, -0.15) is 8.42 Å². The Morgan fingerprint density at radius 1 is 1.14 bits per heavy atom. The Morgan fingerprint density at radius 2 is 1.81 bits per heavy atom. The lowest BCUT2D eigenvalue weighted by Crippen LogP contribution is -2.24. The van der Waals surface area contributed by atoms with E-state index in [0.717, 1.165) is 31.6 Å². The van der Waals surface area contributed by atoms with Gasteiger partial charge >= 0.3 is 0 Å². The van der Waals surface area contributed by atoms with Gasteiger partial charge in [-0.3, -0.25) is 4.18 Å². The number of ether oxygens (including phenoxy) is 2. The molecule has 0 N–H and O–H groups in total. The molecule has 0 radical (unpaired) electrons. The van der Waals surface area contributed by atoms with Gasteiger partial charge in [0.15, 0.2) is 0 Å². The second-order valence-corrected chi connectivity index (χ2v) is 6.74. The van der Waals surface area contributed by atoms with Gasteiger partial charge in [0.05, 0.1) is 17.6 Å². The van der Waals surface area contributed by atoms with Crippen LogP contribution >= 0.6 is 0 Å². The Bertz CT molecular complexity index is 517. The van der Waals surface area contributed by atoms with Gasteiger partial charge in [0.25, 0.3) is 10.1 Å². The van der Waals surface area contributed by atoms with Crippen molar-refractivity contribution in [2.24, 2.45) is 0 Å². The summed E-state index contributed by atoms with van der Waals surface area (Å²) in [4.78, 5) is 0.193.